The van der Waals surface area contributed by atoms with Crippen molar-refractivity contribution in [3.05, 3.63) is 47.6 Å². The van der Waals surface area contributed by atoms with Gasteiger partial charge in [-0.25, -0.2) is 9.98 Å². The molecule has 0 atom stereocenters. The van der Waals surface area contributed by atoms with Crippen LogP contribution in [0.1, 0.15) is 0 Å². The van der Waals surface area contributed by atoms with Gasteiger partial charge in [-0.2, -0.15) is 0 Å². The van der Waals surface area contributed by atoms with Crippen LogP contribution in [0.4, 0.5) is 5.69 Å². The summed E-state index contributed by atoms with van der Waals surface area (Å²) in [4.78, 5) is 8.19. The Morgan fingerprint density at radius 2 is 2.05 bits per heavy atom. The normalized spacial score (nSPS) is 11.1. The molecule has 2 rings (SSSR count). The summed E-state index contributed by atoms with van der Waals surface area (Å²) in [6.07, 6.45) is 1.53. The van der Waals surface area contributed by atoms with E-state index in [1.54, 1.807) is 19.2 Å². The summed E-state index contributed by atoms with van der Waals surface area (Å²) in [5.41, 5.74) is 6.63. The number of ether oxygens (including phenoxy) is 2. The molecule has 2 aromatic rings. The number of nitrogens with two attached hydrogens (primary N) is 1. The fourth-order valence-corrected chi connectivity index (χ4v) is 1.74. The molecule has 6 nitrogen and oxygen atoms in total. The highest BCUT2D eigenvalue weighted by molar-refractivity contribution is 6.30. The van der Waals surface area contributed by atoms with E-state index in [1.165, 1.54) is 6.20 Å². The molecule has 0 saturated heterocycles. The summed E-state index contributed by atoms with van der Waals surface area (Å²) >= 11 is 5.74. The minimum Gasteiger partial charge on any atom is -0.497 e. The summed E-state index contributed by atoms with van der Waals surface area (Å²) in [6.45, 7) is 0.791. The average Bonchev–Trinajstić information content (AvgIpc) is 2.54. The zero-order chi connectivity index (χ0) is 15.8. The molecule has 0 saturated carbocycles. The number of halogens is 1. The van der Waals surface area contributed by atoms with Gasteiger partial charge in [0, 0.05) is 18.0 Å². The van der Waals surface area contributed by atoms with Crippen molar-refractivity contribution in [1.29, 1.82) is 0 Å². The van der Waals surface area contributed by atoms with Crippen LogP contribution in [0.5, 0.6) is 11.6 Å². The van der Waals surface area contributed by atoms with E-state index in [9.17, 15) is 0 Å². The van der Waals surface area contributed by atoms with Crippen LogP contribution in [0.3, 0.4) is 0 Å². The first-order valence-corrected chi connectivity index (χ1v) is 7.00. The van der Waals surface area contributed by atoms with Crippen LogP contribution in [-0.2, 0) is 0 Å². The number of guanidine groups is 1. The van der Waals surface area contributed by atoms with Crippen LogP contribution in [-0.4, -0.2) is 31.2 Å². The predicted molar refractivity (Wildman–Crippen MR) is 87.8 cm³/mol. The third-order valence-corrected chi connectivity index (χ3v) is 2.91. The van der Waals surface area contributed by atoms with Crippen LogP contribution < -0.4 is 20.5 Å². The average molecular weight is 321 g/mol. The van der Waals surface area contributed by atoms with Crippen LogP contribution in [0.15, 0.2) is 47.6 Å². The molecule has 1 aromatic carbocycles. The van der Waals surface area contributed by atoms with E-state index in [-0.39, 0.29) is 0 Å². The van der Waals surface area contributed by atoms with E-state index in [0.717, 1.165) is 11.4 Å². The molecular formula is C15H17ClN4O2. The number of anilines is 1. The highest BCUT2D eigenvalue weighted by atomic mass is 35.5. The van der Waals surface area contributed by atoms with E-state index in [1.807, 2.05) is 24.3 Å². The van der Waals surface area contributed by atoms with Crippen LogP contribution in [0.25, 0.3) is 0 Å². The molecule has 0 unspecified atom stereocenters. The minimum atomic E-state index is 0.317. The van der Waals surface area contributed by atoms with Crippen molar-refractivity contribution in [2.24, 2.45) is 10.7 Å². The Balaban J connectivity index is 1.76. The number of pyridine rings is 1. The van der Waals surface area contributed by atoms with E-state index < -0.39 is 0 Å². The lowest BCUT2D eigenvalue weighted by atomic mass is 10.3. The quantitative estimate of drug-likeness (QED) is 0.485. The molecule has 116 valence electrons. The highest BCUT2D eigenvalue weighted by Crippen LogP contribution is 2.14. The zero-order valence-corrected chi connectivity index (χ0v) is 12.9. The van der Waals surface area contributed by atoms with Crippen molar-refractivity contribution in [2.45, 2.75) is 0 Å². The number of rotatable bonds is 6. The van der Waals surface area contributed by atoms with E-state index in [0.29, 0.717) is 30.0 Å². The monoisotopic (exact) mass is 320 g/mol. The third-order valence-electron chi connectivity index (χ3n) is 2.69. The molecule has 7 heteroatoms. The predicted octanol–water partition coefficient (Wildman–Crippen LogP) is 2.55. The summed E-state index contributed by atoms with van der Waals surface area (Å²) in [6, 6.07) is 10.8. The largest absolute Gasteiger partial charge is 0.497 e. The second-order valence-electron chi connectivity index (χ2n) is 4.28. The van der Waals surface area contributed by atoms with Gasteiger partial charge in [-0.05, 0) is 30.3 Å². The number of hydrogen-bond donors (Lipinski definition) is 2. The fraction of sp³-hybridized carbons (Fsp3) is 0.200. The van der Waals surface area contributed by atoms with Crippen molar-refractivity contribution in [3.63, 3.8) is 0 Å². The lowest BCUT2D eigenvalue weighted by molar-refractivity contribution is 0.316. The molecule has 1 aromatic heterocycles. The molecule has 0 fully saturated rings. The minimum absolute atomic E-state index is 0.317. The Morgan fingerprint density at radius 1 is 1.27 bits per heavy atom. The van der Waals surface area contributed by atoms with Gasteiger partial charge in [-0.3, -0.25) is 0 Å². The van der Waals surface area contributed by atoms with Crippen molar-refractivity contribution in [3.8, 4) is 11.6 Å². The van der Waals surface area contributed by atoms with E-state index >= 15 is 0 Å². The Bertz CT molecular complexity index is 614. The number of aliphatic imine (C=N–C) groups is 1. The molecule has 0 aliphatic carbocycles. The van der Waals surface area contributed by atoms with Crippen molar-refractivity contribution in [2.75, 3.05) is 25.6 Å². The zero-order valence-electron chi connectivity index (χ0n) is 12.1. The van der Waals surface area contributed by atoms with Crippen molar-refractivity contribution in [1.82, 2.24) is 4.98 Å². The fourth-order valence-electron chi connectivity index (χ4n) is 1.63. The third kappa shape index (κ3) is 5.14. The number of methoxy groups -OCH3 is 1. The molecule has 0 radical (unpaired) electrons. The topological polar surface area (TPSA) is 81.8 Å². The first-order chi connectivity index (χ1) is 10.7. The highest BCUT2D eigenvalue weighted by Gasteiger charge is 1.97. The van der Waals surface area contributed by atoms with Crippen molar-refractivity contribution >= 4 is 23.2 Å². The van der Waals surface area contributed by atoms with Gasteiger partial charge < -0.3 is 20.5 Å². The van der Waals surface area contributed by atoms with E-state index in [2.05, 4.69) is 15.3 Å². The van der Waals surface area contributed by atoms with Gasteiger partial charge in [0.1, 0.15) is 12.4 Å². The van der Waals surface area contributed by atoms with Gasteiger partial charge >= 0.3 is 0 Å². The van der Waals surface area contributed by atoms with Crippen LogP contribution in [0.2, 0.25) is 5.02 Å². The van der Waals surface area contributed by atoms with Gasteiger partial charge in [-0.1, -0.05) is 11.6 Å². The Hall–Kier alpha value is -2.47. The SMILES string of the molecule is COc1ccc(NC(N)=NCCOc2ccc(Cl)cn2)cc1. The summed E-state index contributed by atoms with van der Waals surface area (Å²) < 4.78 is 10.5. The maximum absolute atomic E-state index is 5.79. The molecule has 0 amide bonds. The first-order valence-electron chi connectivity index (χ1n) is 6.63. The molecule has 1 heterocycles. The van der Waals surface area contributed by atoms with Crippen LogP contribution in [0, 0.1) is 0 Å². The number of benzene rings is 1. The first kappa shape index (κ1) is 15.9. The maximum Gasteiger partial charge on any atom is 0.213 e. The van der Waals surface area contributed by atoms with Gasteiger partial charge in [0.2, 0.25) is 5.88 Å². The van der Waals surface area contributed by atoms with Gasteiger partial charge in [-0.15, -0.1) is 0 Å². The summed E-state index contributed by atoms with van der Waals surface area (Å²) in [5.74, 6) is 1.60. The second-order valence-corrected chi connectivity index (χ2v) is 4.72. The standard InChI is InChI=1S/C15H17ClN4O2/c1-21-13-5-3-12(4-6-13)20-15(17)18-8-9-22-14-7-2-11(16)10-19-14/h2-7,10H,8-9H2,1H3,(H3,17,18,20). The maximum atomic E-state index is 5.79. The second kappa shape index (κ2) is 8.09. The number of nitrogens with zero attached hydrogens (tertiary/aromatic N) is 2. The molecule has 3 N–H and O–H groups in total. The van der Waals surface area contributed by atoms with E-state index in [4.69, 9.17) is 26.8 Å². The van der Waals surface area contributed by atoms with Crippen LogP contribution >= 0.6 is 11.6 Å². The number of nitrogens with one attached hydrogen (secondary N) is 1. The Morgan fingerprint density at radius 3 is 2.68 bits per heavy atom. The molecular weight excluding hydrogens is 304 g/mol. The summed E-state index contributed by atoms with van der Waals surface area (Å²) in [7, 11) is 1.62. The smallest absolute Gasteiger partial charge is 0.213 e. The van der Waals surface area contributed by atoms with Gasteiger partial charge in [0.15, 0.2) is 5.96 Å². The Labute approximate surface area is 133 Å². The number of hydrogen-bond acceptors (Lipinski definition) is 4. The lowest BCUT2D eigenvalue weighted by Gasteiger charge is -2.07. The number of aromatic nitrogens is 1. The van der Waals surface area contributed by atoms with Crippen molar-refractivity contribution < 1.29 is 9.47 Å². The molecule has 22 heavy (non-hydrogen) atoms. The molecule has 0 bridgehead atoms. The van der Waals surface area contributed by atoms with Gasteiger partial charge in [0.25, 0.3) is 0 Å². The molecule has 0 aliphatic heterocycles. The summed E-state index contributed by atoms with van der Waals surface area (Å²) in [5, 5.41) is 3.55. The van der Waals surface area contributed by atoms with Gasteiger partial charge in [0.05, 0.1) is 18.7 Å². The molecule has 0 spiro atoms. The molecule has 0 aliphatic rings. The Kier molecular flexibility index (Phi) is 5.85. The lowest BCUT2D eigenvalue weighted by Crippen LogP contribution is -2.23.